The minimum Gasteiger partial charge on any atom is -0.395 e. The second-order valence-corrected chi connectivity index (χ2v) is 5.30. The maximum absolute atomic E-state index is 11.9. The van der Waals surface area contributed by atoms with E-state index in [1.54, 1.807) is 6.07 Å². The SMILES string of the molecule is O=C(NCCO)c1cccc(N2CCc3ccccc3C2)n1. The minimum absolute atomic E-state index is 0.0751. The van der Waals surface area contributed by atoms with Gasteiger partial charge in [-0.05, 0) is 29.7 Å². The zero-order valence-electron chi connectivity index (χ0n) is 12.3. The van der Waals surface area contributed by atoms with Gasteiger partial charge in [-0.15, -0.1) is 0 Å². The van der Waals surface area contributed by atoms with Gasteiger partial charge in [0, 0.05) is 19.6 Å². The van der Waals surface area contributed by atoms with Crippen molar-refractivity contribution >= 4 is 11.7 Å². The molecule has 0 spiro atoms. The van der Waals surface area contributed by atoms with Gasteiger partial charge in [-0.2, -0.15) is 0 Å². The van der Waals surface area contributed by atoms with Crippen molar-refractivity contribution < 1.29 is 9.90 Å². The molecule has 0 saturated heterocycles. The van der Waals surface area contributed by atoms with Crippen LogP contribution in [0.2, 0.25) is 0 Å². The first-order valence-corrected chi connectivity index (χ1v) is 7.46. The fourth-order valence-electron chi connectivity index (χ4n) is 2.68. The molecule has 0 bridgehead atoms. The van der Waals surface area contributed by atoms with Gasteiger partial charge in [0.25, 0.3) is 5.91 Å². The van der Waals surface area contributed by atoms with Crippen LogP contribution < -0.4 is 10.2 Å². The summed E-state index contributed by atoms with van der Waals surface area (Å²) in [4.78, 5) is 18.6. The molecule has 0 saturated carbocycles. The number of nitrogens with one attached hydrogen (secondary N) is 1. The summed E-state index contributed by atoms with van der Waals surface area (Å²) in [6, 6.07) is 13.9. The Morgan fingerprint density at radius 2 is 2.00 bits per heavy atom. The number of aliphatic hydroxyl groups excluding tert-OH is 1. The number of fused-ring (bicyclic) bond motifs is 1. The molecular formula is C17H19N3O2. The van der Waals surface area contributed by atoms with Gasteiger partial charge in [0.15, 0.2) is 0 Å². The van der Waals surface area contributed by atoms with Crippen LogP contribution in [0.15, 0.2) is 42.5 Å². The van der Waals surface area contributed by atoms with E-state index < -0.39 is 0 Å². The average Bonchev–Trinajstić information content (AvgIpc) is 2.59. The van der Waals surface area contributed by atoms with Gasteiger partial charge in [-0.3, -0.25) is 4.79 Å². The molecule has 5 nitrogen and oxygen atoms in total. The normalized spacial score (nSPS) is 13.6. The number of aromatic nitrogens is 1. The predicted octanol–water partition coefficient (Wildman–Crippen LogP) is 1.37. The van der Waals surface area contributed by atoms with E-state index in [-0.39, 0.29) is 19.1 Å². The molecule has 1 amide bonds. The van der Waals surface area contributed by atoms with E-state index in [0.717, 1.165) is 25.3 Å². The Morgan fingerprint density at radius 3 is 2.82 bits per heavy atom. The quantitative estimate of drug-likeness (QED) is 0.894. The molecule has 2 aromatic rings. The number of amides is 1. The van der Waals surface area contributed by atoms with Crippen molar-refractivity contribution in [3.8, 4) is 0 Å². The molecule has 114 valence electrons. The van der Waals surface area contributed by atoms with Crippen LogP contribution in [0.1, 0.15) is 21.6 Å². The summed E-state index contributed by atoms with van der Waals surface area (Å²) in [5.41, 5.74) is 3.08. The fraction of sp³-hybridized carbons (Fsp3) is 0.294. The molecule has 1 aliphatic rings. The van der Waals surface area contributed by atoms with E-state index in [1.807, 2.05) is 12.1 Å². The van der Waals surface area contributed by atoms with Gasteiger partial charge in [0.1, 0.15) is 11.5 Å². The van der Waals surface area contributed by atoms with Gasteiger partial charge >= 0.3 is 0 Å². The molecule has 5 heteroatoms. The smallest absolute Gasteiger partial charge is 0.270 e. The van der Waals surface area contributed by atoms with Crippen molar-refractivity contribution in [3.05, 3.63) is 59.3 Å². The summed E-state index contributed by atoms with van der Waals surface area (Å²) >= 11 is 0. The Bertz CT molecular complexity index is 672. The molecule has 1 aromatic heterocycles. The Kier molecular flexibility index (Phi) is 4.34. The van der Waals surface area contributed by atoms with Crippen LogP contribution in [-0.2, 0) is 13.0 Å². The third-order valence-electron chi connectivity index (χ3n) is 3.82. The van der Waals surface area contributed by atoms with Gasteiger partial charge in [0.05, 0.1) is 6.61 Å². The first kappa shape index (κ1) is 14.5. The molecule has 22 heavy (non-hydrogen) atoms. The molecule has 2 N–H and O–H groups in total. The van der Waals surface area contributed by atoms with Crippen LogP contribution in [0.3, 0.4) is 0 Å². The highest BCUT2D eigenvalue weighted by Gasteiger charge is 2.18. The number of rotatable bonds is 4. The average molecular weight is 297 g/mol. The standard InChI is InChI=1S/C17H19N3O2/c21-11-9-18-17(22)15-6-3-7-16(19-15)20-10-8-13-4-1-2-5-14(13)12-20/h1-7,21H,8-12H2,(H,18,22). The van der Waals surface area contributed by atoms with Gasteiger partial charge in [-0.1, -0.05) is 30.3 Å². The van der Waals surface area contributed by atoms with E-state index in [9.17, 15) is 4.79 Å². The highest BCUT2D eigenvalue weighted by molar-refractivity contribution is 5.92. The summed E-state index contributed by atoms with van der Waals surface area (Å²) in [6.07, 6.45) is 0.985. The molecule has 1 aromatic carbocycles. The number of aliphatic hydroxyl groups is 1. The first-order valence-electron chi connectivity index (χ1n) is 7.46. The topological polar surface area (TPSA) is 65.5 Å². The summed E-state index contributed by atoms with van der Waals surface area (Å²) in [6.45, 7) is 1.87. The first-order chi connectivity index (χ1) is 10.8. The van der Waals surface area contributed by atoms with Gasteiger partial charge in [-0.25, -0.2) is 4.98 Å². The van der Waals surface area contributed by atoms with E-state index in [1.165, 1.54) is 11.1 Å². The van der Waals surface area contributed by atoms with Crippen molar-refractivity contribution in [2.75, 3.05) is 24.6 Å². The monoisotopic (exact) mass is 297 g/mol. The van der Waals surface area contributed by atoms with Crippen LogP contribution >= 0.6 is 0 Å². The molecule has 0 atom stereocenters. The Morgan fingerprint density at radius 1 is 1.18 bits per heavy atom. The van der Waals surface area contributed by atoms with Crippen molar-refractivity contribution in [1.82, 2.24) is 10.3 Å². The second kappa shape index (κ2) is 6.58. The number of anilines is 1. The predicted molar refractivity (Wildman–Crippen MR) is 84.9 cm³/mol. The maximum atomic E-state index is 11.9. The van der Waals surface area contributed by atoms with E-state index in [4.69, 9.17) is 5.11 Å². The third-order valence-corrected chi connectivity index (χ3v) is 3.82. The third kappa shape index (κ3) is 3.09. The Labute approximate surface area is 129 Å². The summed E-state index contributed by atoms with van der Waals surface area (Å²) in [5, 5.41) is 11.4. The summed E-state index contributed by atoms with van der Waals surface area (Å²) < 4.78 is 0. The molecule has 0 fully saturated rings. The van der Waals surface area contributed by atoms with E-state index in [0.29, 0.717) is 5.69 Å². The summed E-state index contributed by atoms with van der Waals surface area (Å²) in [7, 11) is 0. The minimum atomic E-state index is -0.256. The molecule has 1 aliphatic heterocycles. The van der Waals surface area contributed by atoms with Crippen molar-refractivity contribution in [2.45, 2.75) is 13.0 Å². The largest absolute Gasteiger partial charge is 0.395 e. The van der Waals surface area contributed by atoms with Gasteiger partial charge < -0.3 is 15.3 Å². The number of nitrogens with zero attached hydrogens (tertiary/aromatic N) is 2. The van der Waals surface area contributed by atoms with Gasteiger partial charge in [0.2, 0.25) is 0 Å². The molecule has 3 rings (SSSR count). The van der Waals surface area contributed by atoms with Crippen molar-refractivity contribution in [1.29, 1.82) is 0 Å². The number of carbonyl (C=O) groups excluding carboxylic acids is 1. The van der Waals surface area contributed by atoms with Crippen LogP contribution in [0.5, 0.6) is 0 Å². The zero-order chi connectivity index (χ0) is 15.4. The lowest BCUT2D eigenvalue weighted by atomic mass is 10.00. The number of hydrogen-bond donors (Lipinski definition) is 2. The van der Waals surface area contributed by atoms with E-state index in [2.05, 4.69) is 39.5 Å². The molecule has 0 aliphatic carbocycles. The lowest BCUT2D eigenvalue weighted by Gasteiger charge is -2.29. The lowest BCUT2D eigenvalue weighted by molar-refractivity contribution is 0.0940. The molecule has 0 radical (unpaired) electrons. The van der Waals surface area contributed by atoms with Crippen molar-refractivity contribution in [3.63, 3.8) is 0 Å². The lowest BCUT2D eigenvalue weighted by Crippen LogP contribution is -2.32. The number of carbonyl (C=O) groups is 1. The number of benzene rings is 1. The fourth-order valence-corrected chi connectivity index (χ4v) is 2.68. The van der Waals surface area contributed by atoms with Crippen LogP contribution in [0, 0.1) is 0 Å². The zero-order valence-corrected chi connectivity index (χ0v) is 12.3. The number of hydrogen-bond acceptors (Lipinski definition) is 4. The highest BCUT2D eigenvalue weighted by atomic mass is 16.3. The van der Waals surface area contributed by atoms with Crippen LogP contribution in [0.25, 0.3) is 0 Å². The maximum Gasteiger partial charge on any atom is 0.270 e. The Balaban J connectivity index is 1.77. The van der Waals surface area contributed by atoms with E-state index >= 15 is 0 Å². The molecule has 0 unspecified atom stereocenters. The molecular weight excluding hydrogens is 278 g/mol. The van der Waals surface area contributed by atoms with Crippen LogP contribution in [-0.4, -0.2) is 35.7 Å². The second-order valence-electron chi connectivity index (χ2n) is 5.30. The molecule has 2 heterocycles. The van der Waals surface area contributed by atoms with Crippen molar-refractivity contribution in [2.24, 2.45) is 0 Å². The Hall–Kier alpha value is -2.40. The summed E-state index contributed by atoms with van der Waals surface area (Å²) in [5.74, 6) is 0.555. The number of pyridine rings is 1. The highest BCUT2D eigenvalue weighted by Crippen LogP contribution is 2.23. The van der Waals surface area contributed by atoms with Crippen LogP contribution in [0.4, 0.5) is 5.82 Å².